The maximum atomic E-state index is 12.6. The summed E-state index contributed by atoms with van der Waals surface area (Å²) in [6, 6.07) is 10.3. The maximum absolute atomic E-state index is 12.6. The van der Waals surface area contributed by atoms with Crippen LogP contribution in [-0.4, -0.2) is 18.6 Å². The van der Waals surface area contributed by atoms with E-state index in [1.165, 1.54) is 12.3 Å². The molecule has 0 bridgehead atoms. The molecule has 21 heavy (non-hydrogen) atoms. The number of nitrogens with one attached hydrogen (secondary N) is 2. The second-order valence-electron chi connectivity index (χ2n) is 4.29. The van der Waals surface area contributed by atoms with Gasteiger partial charge in [-0.25, -0.2) is 8.42 Å². The number of benzene rings is 2. The zero-order valence-corrected chi connectivity index (χ0v) is 13.6. The van der Waals surface area contributed by atoms with Gasteiger partial charge in [0.25, 0.3) is 10.0 Å². The molecule has 0 radical (unpaired) electrons. The minimum atomic E-state index is -3.79. The average molecular weight is 387 g/mol. The Morgan fingerprint density at radius 3 is 2.57 bits per heavy atom. The van der Waals surface area contributed by atoms with Crippen LogP contribution in [0.15, 0.2) is 52.0 Å². The molecular weight excluding hydrogens is 378 g/mol. The number of fused-ring (bicyclic) bond motifs is 1. The molecule has 0 spiro atoms. The van der Waals surface area contributed by atoms with E-state index in [1.807, 2.05) is 12.1 Å². The summed E-state index contributed by atoms with van der Waals surface area (Å²) in [7, 11) is -3.79. The number of aromatic nitrogens is 2. The van der Waals surface area contributed by atoms with Gasteiger partial charge in [0.1, 0.15) is 5.82 Å². The number of hydrogen-bond donors (Lipinski definition) is 2. The number of H-pyrrole nitrogens is 1. The minimum absolute atomic E-state index is 0.118. The molecule has 0 aliphatic carbocycles. The molecule has 0 aliphatic heterocycles. The van der Waals surface area contributed by atoms with Crippen molar-refractivity contribution in [3.8, 4) is 0 Å². The molecular formula is C13H9BrClN3O2S. The van der Waals surface area contributed by atoms with Crippen molar-refractivity contribution in [1.82, 2.24) is 10.2 Å². The molecule has 0 saturated carbocycles. The van der Waals surface area contributed by atoms with Crippen LogP contribution >= 0.6 is 27.5 Å². The van der Waals surface area contributed by atoms with Gasteiger partial charge in [-0.05, 0) is 33.4 Å². The summed E-state index contributed by atoms with van der Waals surface area (Å²) < 4.78 is 28.1. The number of halogens is 2. The Balaban J connectivity index is 2.18. The molecule has 0 fully saturated rings. The van der Waals surface area contributed by atoms with Gasteiger partial charge < -0.3 is 0 Å². The molecule has 0 atom stereocenters. The zero-order valence-electron chi connectivity index (χ0n) is 10.5. The number of aromatic amines is 1. The van der Waals surface area contributed by atoms with Crippen molar-refractivity contribution < 1.29 is 8.42 Å². The van der Waals surface area contributed by atoms with Gasteiger partial charge in [-0.3, -0.25) is 9.82 Å². The molecule has 2 aromatic carbocycles. The fraction of sp³-hybridized carbons (Fsp3) is 0. The summed E-state index contributed by atoms with van der Waals surface area (Å²) in [6.45, 7) is 0. The third kappa shape index (κ3) is 2.64. The Bertz CT molecular complexity index is 919. The summed E-state index contributed by atoms with van der Waals surface area (Å²) >= 11 is 9.37. The number of rotatable bonds is 3. The lowest BCUT2D eigenvalue weighted by atomic mass is 10.1. The lowest BCUT2D eigenvalue weighted by molar-refractivity contribution is 0.602. The van der Waals surface area contributed by atoms with Gasteiger partial charge in [-0.2, -0.15) is 5.10 Å². The third-order valence-corrected chi connectivity index (χ3v) is 5.24. The van der Waals surface area contributed by atoms with E-state index in [2.05, 4.69) is 30.8 Å². The highest BCUT2D eigenvalue weighted by Gasteiger charge is 2.20. The smallest absolute Gasteiger partial charge is 0.263 e. The maximum Gasteiger partial charge on any atom is 0.263 e. The van der Waals surface area contributed by atoms with Crippen molar-refractivity contribution in [2.24, 2.45) is 0 Å². The first-order valence-electron chi connectivity index (χ1n) is 5.88. The van der Waals surface area contributed by atoms with E-state index < -0.39 is 10.0 Å². The minimum Gasteiger partial charge on any atom is -0.263 e. The summed E-state index contributed by atoms with van der Waals surface area (Å²) in [4.78, 5) is 0.118. The Hall–Kier alpha value is -1.57. The number of nitrogens with zero attached hydrogens (tertiary/aromatic N) is 1. The van der Waals surface area contributed by atoms with Crippen LogP contribution in [-0.2, 0) is 10.0 Å². The van der Waals surface area contributed by atoms with E-state index in [0.29, 0.717) is 14.9 Å². The molecule has 2 N–H and O–H groups in total. The highest BCUT2D eigenvalue weighted by molar-refractivity contribution is 9.10. The standard InChI is InChI=1S/C13H9BrClN3O2S/c14-9-7-16-17-13(9)18-21(19,20)11-6-2-4-8-3-1-5-10(15)12(8)11/h1-7H,(H2,16,17,18). The summed E-state index contributed by atoms with van der Waals surface area (Å²) in [6.07, 6.45) is 1.47. The molecule has 1 aromatic heterocycles. The highest BCUT2D eigenvalue weighted by atomic mass is 79.9. The van der Waals surface area contributed by atoms with Crippen molar-refractivity contribution in [2.75, 3.05) is 4.72 Å². The van der Waals surface area contributed by atoms with Crippen LogP contribution in [0.5, 0.6) is 0 Å². The van der Waals surface area contributed by atoms with Crippen molar-refractivity contribution in [3.63, 3.8) is 0 Å². The predicted molar refractivity (Wildman–Crippen MR) is 86.1 cm³/mol. The zero-order chi connectivity index (χ0) is 15.0. The Labute approximate surface area is 134 Å². The number of sulfonamides is 1. The van der Waals surface area contributed by atoms with Gasteiger partial charge >= 0.3 is 0 Å². The van der Waals surface area contributed by atoms with Gasteiger partial charge in [-0.15, -0.1) is 0 Å². The van der Waals surface area contributed by atoms with E-state index in [-0.39, 0.29) is 10.7 Å². The average Bonchev–Trinajstić information content (AvgIpc) is 2.83. The Morgan fingerprint density at radius 1 is 1.19 bits per heavy atom. The second-order valence-corrected chi connectivity index (χ2v) is 7.20. The van der Waals surface area contributed by atoms with Crippen LogP contribution in [0.25, 0.3) is 10.8 Å². The van der Waals surface area contributed by atoms with Crippen LogP contribution in [0.2, 0.25) is 5.02 Å². The Morgan fingerprint density at radius 2 is 1.90 bits per heavy atom. The predicted octanol–water partition coefficient (Wildman–Crippen LogP) is 3.78. The van der Waals surface area contributed by atoms with E-state index >= 15 is 0 Å². The number of anilines is 1. The van der Waals surface area contributed by atoms with Crippen LogP contribution in [0.3, 0.4) is 0 Å². The van der Waals surface area contributed by atoms with Gasteiger partial charge in [-0.1, -0.05) is 35.9 Å². The number of hydrogen-bond acceptors (Lipinski definition) is 3. The summed E-state index contributed by atoms with van der Waals surface area (Å²) in [5.41, 5.74) is 0. The third-order valence-electron chi connectivity index (χ3n) is 2.93. The first kappa shape index (κ1) is 14.4. The quantitative estimate of drug-likeness (QED) is 0.719. The molecule has 108 valence electrons. The summed E-state index contributed by atoms with van der Waals surface area (Å²) in [5, 5.41) is 7.96. The molecule has 5 nitrogen and oxygen atoms in total. The van der Waals surface area contributed by atoms with E-state index in [0.717, 1.165) is 5.39 Å². The van der Waals surface area contributed by atoms with Gasteiger partial charge in [0.2, 0.25) is 0 Å². The normalized spacial score (nSPS) is 11.7. The van der Waals surface area contributed by atoms with Crippen LogP contribution in [0, 0.1) is 0 Å². The molecule has 1 heterocycles. The van der Waals surface area contributed by atoms with Gasteiger partial charge in [0.15, 0.2) is 0 Å². The van der Waals surface area contributed by atoms with E-state index in [9.17, 15) is 8.42 Å². The van der Waals surface area contributed by atoms with Crippen molar-refractivity contribution in [1.29, 1.82) is 0 Å². The first-order valence-corrected chi connectivity index (χ1v) is 8.53. The van der Waals surface area contributed by atoms with Crippen molar-refractivity contribution in [3.05, 3.63) is 52.1 Å². The molecule has 0 saturated heterocycles. The SMILES string of the molecule is O=S(=O)(Nc1[nH]ncc1Br)c1cccc2cccc(Cl)c12. The second kappa shape index (κ2) is 5.32. The fourth-order valence-electron chi connectivity index (χ4n) is 2.02. The molecule has 3 aromatic rings. The molecule has 0 amide bonds. The van der Waals surface area contributed by atoms with Crippen LogP contribution in [0.1, 0.15) is 0 Å². The lowest BCUT2D eigenvalue weighted by Gasteiger charge is -2.10. The topological polar surface area (TPSA) is 74.8 Å². The lowest BCUT2D eigenvalue weighted by Crippen LogP contribution is -2.14. The molecule has 8 heteroatoms. The Kier molecular flexibility index (Phi) is 3.64. The van der Waals surface area contributed by atoms with Crippen LogP contribution < -0.4 is 4.72 Å². The largest absolute Gasteiger partial charge is 0.263 e. The van der Waals surface area contributed by atoms with E-state index in [1.54, 1.807) is 18.2 Å². The van der Waals surface area contributed by atoms with Gasteiger partial charge in [0.05, 0.1) is 15.6 Å². The highest BCUT2D eigenvalue weighted by Crippen LogP contribution is 2.31. The van der Waals surface area contributed by atoms with Crippen molar-refractivity contribution >= 4 is 54.1 Å². The summed E-state index contributed by atoms with van der Waals surface area (Å²) in [5.74, 6) is 0.263. The fourth-order valence-corrected chi connectivity index (χ4v) is 4.07. The van der Waals surface area contributed by atoms with Crippen molar-refractivity contribution in [2.45, 2.75) is 4.90 Å². The van der Waals surface area contributed by atoms with Gasteiger partial charge in [0, 0.05) is 10.4 Å². The molecule has 0 aliphatic rings. The molecule has 0 unspecified atom stereocenters. The van der Waals surface area contributed by atoms with E-state index in [4.69, 9.17) is 11.6 Å². The first-order chi connectivity index (χ1) is 9.99. The van der Waals surface area contributed by atoms with Crippen LogP contribution in [0.4, 0.5) is 5.82 Å². The monoisotopic (exact) mass is 385 g/mol. The molecule has 3 rings (SSSR count).